The molecule has 0 aromatic heterocycles. The van der Waals surface area contributed by atoms with Gasteiger partial charge in [0.1, 0.15) is 0 Å². The number of unbranched alkanes of at least 4 members (excludes halogenated alkanes) is 6. The summed E-state index contributed by atoms with van der Waals surface area (Å²) in [6, 6.07) is 13.3. The summed E-state index contributed by atoms with van der Waals surface area (Å²) in [4.78, 5) is 34.2. The van der Waals surface area contributed by atoms with Crippen LogP contribution in [0.15, 0.2) is 47.5 Å². The first-order valence-electron chi connectivity index (χ1n) is 15.2. The standard InChI is InChI=1S/C34H50ClN3O2/c1-7-10-13-18-26-25-27(38(23-16-11-8-2)24-17-12-9-3)21-22-29(26)36-31(32(39)34(4,5)6)33(40)37-30-20-15-14-19-28(30)35/h14-15,19-22,25H,7-13,16-18,23-24H2,1-6H3,(H,37,40). The van der Waals surface area contributed by atoms with Crippen molar-refractivity contribution in [1.82, 2.24) is 0 Å². The number of benzene rings is 2. The number of nitrogens with one attached hydrogen (secondary N) is 1. The molecular formula is C34H50ClN3O2. The summed E-state index contributed by atoms with van der Waals surface area (Å²) >= 11 is 6.29. The van der Waals surface area contributed by atoms with Crippen LogP contribution in [0.1, 0.15) is 105 Å². The molecule has 220 valence electrons. The van der Waals surface area contributed by atoms with Gasteiger partial charge in [0.2, 0.25) is 0 Å². The second-order valence-electron chi connectivity index (χ2n) is 11.6. The number of aryl methyl sites for hydroxylation is 1. The Morgan fingerprint density at radius 1 is 0.850 bits per heavy atom. The lowest BCUT2D eigenvalue weighted by molar-refractivity contribution is -0.121. The molecule has 0 aliphatic carbocycles. The van der Waals surface area contributed by atoms with Gasteiger partial charge in [0, 0.05) is 24.2 Å². The molecular weight excluding hydrogens is 518 g/mol. The molecule has 1 amide bonds. The zero-order chi connectivity index (χ0) is 29.5. The lowest BCUT2D eigenvalue weighted by Crippen LogP contribution is -2.37. The number of anilines is 2. The van der Waals surface area contributed by atoms with Gasteiger partial charge in [-0.15, -0.1) is 0 Å². The summed E-state index contributed by atoms with van der Waals surface area (Å²) in [7, 11) is 0. The lowest BCUT2D eigenvalue weighted by Gasteiger charge is -2.26. The van der Waals surface area contributed by atoms with E-state index in [4.69, 9.17) is 16.6 Å². The summed E-state index contributed by atoms with van der Waals surface area (Å²) in [5.41, 5.74) is 2.54. The average Bonchev–Trinajstić information content (AvgIpc) is 2.92. The Balaban J connectivity index is 2.53. The summed E-state index contributed by atoms with van der Waals surface area (Å²) in [6.07, 6.45) is 11.3. The van der Waals surface area contributed by atoms with Gasteiger partial charge in [0.05, 0.1) is 16.4 Å². The fourth-order valence-electron chi connectivity index (χ4n) is 4.54. The number of halogens is 1. The fraction of sp³-hybridized carbons (Fsp3) is 0.559. The molecule has 0 aliphatic rings. The molecule has 5 nitrogen and oxygen atoms in total. The Morgan fingerprint density at radius 3 is 2.02 bits per heavy atom. The number of rotatable bonds is 17. The van der Waals surface area contributed by atoms with Gasteiger partial charge >= 0.3 is 0 Å². The molecule has 0 saturated heterocycles. The van der Waals surface area contributed by atoms with E-state index in [1.807, 2.05) is 26.8 Å². The maximum atomic E-state index is 13.5. The summed E-state index contributed by atoms with van der Waals surface area (Å²) in [5.74, 6) is -0.848. The summed E-state index contributed by atoms with van der Waals surface area (Å²) < 4.78 is 0. The largest absolute Gasteiger partial charge is 0.372 e. The monoisotopic (exact) mass is 567 g/mol. The zero-order valence-corrected chi connectivity index (χ0v) is 26.4. The molecule has 0 atom stereocenters. The van der Waals surface area contributed by atoms with Crippen LogP contribution in [0, 0.1) is 5.41 Å². The van der Waals surface area contributed by atoms with E-state index in [0.29, 0.717) is 16.4 Å². The van der Waals surface area contributed by atoms with E-state index < -0.39 is 11.3 Å². The van der Waals surface area contributed by atoms with E-state index in [0.717, 1.165) is 44.3 Å². The molecule has 6 heteroatoms. The number of amides is 1. The topological polar surface area (TPSA) is 61.8 Å². The number of aliphatic imine (C=N–C) groups is 1. The molecule has 2 rings (SSSR count). The Morgan fingerprint density at radius 2 is 1.45 bits per heavy atom. The minimum Gasteiger partial charge on any atom is -0.372 e. The second-order valence-corrected chi connectivity index (χ2v) is 12.1. The Kier molecular flexibility index (Phi) is 14.4. The number of carbonyl (C=O) groups excluding carboxylic acids is 2. The average molecular weight is 568 g/mol. The molecule has 1 N–H and O–H groups in total. The molecule has 0 saturated carbocycles. The van der Waals surface area contributed by atoms with Crippen molar-refractivity contribution in [2.45, 2.75) is 106 Å². The van der Waals surface area contributed by atoms with Crippen LogP contribution in [-0.2, 0) is 16.0 Å². The molecule has 0 bridgehead atoms. The highest BCUT2D eigenvalue weighted by molar-refractivity contribution is 6.68. The molecule has 2 aromatic rings. The van der Waals surface area contributed by atoms with Crippen molar-refractivity contribution in [2.24, 2.45) is 10.4 Å². The van der Waals surface area contributed by atoms with Crippen LogP contribution in [-0.4, -0.2) is 30.5 Å². The minimum atomic E-state index is -0.770. The Hall–Kier alpha value is -2.66. The van der Waals surface area contributed by atoms with Crippen LogP contribution in [0.2, 0.25) is 5.02 Å². The van der Waals surface area contributed by atoms with Crippen molar-refractivity contribution in [1.29, 1.82) is 0 Å². The first-order valence-corrected chi connectivity index (χ1v) is 15.6. The normalized spacial score (nSPS) is 11.9. The first kappa shape index (κ1) is 33.5. The number of Topliss-reactive ketones (excluding diaryl/α,β-unsaturated/α-hetero) is 1. The molecule has 0 aliphatic heterocycles. The number of hydrogen-bond donors (Lipinski definition) is 1. The van der Waals surface area contributed by atoms with E-state index >= 15 is 0 Å². The maximum absolute atomic E-state index is 13.5. The van der Waals surface area contributed by atoms with Gasteiger partial charge in [-0.2, -0.15) is 0 Å². The van der Waals surface area contributed by atoms with Crippen molar-refractivity contribution in [3.8, 4) is 0 Å². The third-order valence-electron chi connectivity index (χ3n) is 7.01. The van der Waals surface area contributed by atoms with Crippen LogP contribution < -0.4 is 10.2 Å². The number of para-hydroxylation sites is 1. The highest BCUT2D eigenvalue weighted by Crippen LogP contribution is 2.30. The van der Waals surface area contributed by atoms with Crippen molar-refractivity contribution >= 4 is 46.1 Å². The molecule has 2 aromatic carbocycles. The van der Waals surface area contributed by atoms with Crippen LogP contribution in [0.25, 0.3) is 0 Å². The summed E-state index contributed by atoms with van der Waals surface area (Å²) in [6.45, 7) is 14.1. The van der Waals surface area contributed by atoms with Gasteiger partial charge in [-0.1, -0.05) is 104 Å². The fourth-order valence-corrected chi connectivity index (χ4v) is 4.73. The van der Waals surface area contributed by atoms with Crippen LogP contribution in [0.3, 0.4) is 0 Å². The molecule has 40 heavy (non-hydrogen) atoms. The molecule has 0 radical (unpaired) electrons. The second kappa shape index (κ2) is 17.2. The Labute approximate surface area is 247 Å². The number of hydrogen-bond acceptors (Lipinski definition) is 4. The number of nitrogens with zero attached hydrogens (tertiary/aromatic N) is 2. The smallest absolute Gasteiger partial charge is 0.278 e. The maximum Gasteiger partial charge on any atom is 0.278 e. The van der Waals surface area contributed by atoms with Crippen LogP contribution >= 0.6 is 11.6 Å². The molecule has 0 heterocycles. The van der Waals surface area contributed by atoms with Gasteiger partial charge in [0.15, 0.2) is 11.5 Å². The van der Waals surface area contributed by atoms with E-state index in [-0.39, 0.29) is 11.5 Å². The van der Waals surface area contributed by atoms with E-state index in [1.165, 1.54) is 44.2 Å². The third-order valence-corrected chi connectivity index (χ3v) is 7.34. The van der Waals surface area contributed by atoms with Gasteiger partial charge in [-0.3, -0.25) is 9.59 Å². The van der Waals surface area contributed by atoms with Gasteiger partial charge < -0.3 is 10.2 Å². The van der Waals surface area contributed by atoms with Crippen molar-refractivity contribution in [2.75, 3.05) is 23.3 Å². The van der Waals surface area contributed by atoms with E-state index in [2.05, 4.69) is 43.1 Å². The predicted molar refractivity (Wildman–Crippen MR) is 173 cm³/mol. The zero-order valence-electron chi connectivity index (χ0n) is 25.6. The quantitative estimate of drug-likeness (QED) is 0.117. The predicted octanol–water partition coefficient (Wildman–Crippen LogP) is 9.59. The van der Waals surface area contributed by atoms with Crippen molar-refractivity contribution < 1.29 is 9.59 Å². The molecule has 0 fully saturated rings. The molecule has 0 spiro atoms. The Bertz CT molecular complexity index is 1110. The van der Waals surface area contributed by atoms with Crippen LogP contribution in [0.5, 0.6) is 0 Å². The van der Waals surface area contributed by atoms with E-state index in [1.54, 1.807) is 24.3 Å². The SMILES string of the molecule is CCCCCc1cc(N(CCCCC)CCCCC)ccc1N=C(C(=O)Nc1ccccc1Cl)C(=O)C(C)(C)C. The number of carbonyl (C=O) groups is 2. The van der Waals surface area contributed by atoms with Crippen molar-refractivity contribution in [3.63, 3.8) is 0 Å². The van der Waals surface area contributed by atoms with Gasteiger partial charge in [-0.05, 0) is 61.6 Å². The first-order chi connectivity index (χ1) is 19.1. The van der Waals surface area contributed by atoms with E-state index in [9.17, 15) is 9.59 Å². The van der Waals surface area contributed by atoms with Crippen LogP contribution in [0.4, 0.5) is 17.1 Å². The number of ketones is 1. The highest BCUT2D eigenvalue weighted by Gasteiger charge is 2.31. The molecule has 0 unspecified atom stereocenters. The summed E-state index contributed by atoms with van der Waals surface area (Å²) in [5, 5.41) is 3.22. The third kappa shape index (κ3) is 10.7. The van der Waals surface area contributed by atoms with Gasteiger partial charge in [-0.25, -0.2) is 4.99 Å². The minimum absolute atomic E-state index is 0.0975. The van der Waals surface area contributed by atoms with Gasteiger partial charge in [0.25, 0.3) is 5.91 Å². The lowest BCUT2D eigenvalue weighted by atomic mass is 9.87. The van der Waals surface area contributed by atoms with Crippen molar-refractivity contribution in [3.05, 3.63) is 53.1 Å². The highest BCUT2D eigenvalue weighted by atomic mass is 35.5.